The van der Waals surface area contributed by atoms with E-state index in [4.69, 9.17) is 28.6 Å². The van der Waals surface area contributed by atoms with E-state index in [-0.39, 0.29) is 11.7 Å². The lowest BCUT2D eigenvalue weighted by molar-refractivity contribution is -0.123. The monoisotopic (exact) mass is 545 g/mol. The van der Waals surface area contributed by atoms with Gasteiger partial charge in [0, 0.05) is 15.6 Å². The highest BCUT2D eigenvalue weighted by Crippen LogP contribution is 2.28. The third-order valence-electron chi connectivity index (χ3n) is 3.12. The predicted molar refractivity (Wildman–Crippen MR) is 120 cm³/mol. The largest absolute Gasteiger partial charge is 0.483 e. The van der Waals surface area contributed by atoms with Crippen LogP contribution in [0.4, 0.5) is 0 Å². The van der Waals surface area contributed by atoms with Crippen LogP contribution in [0.3, 0.4) is 0 Å². The predicted octanol–water partition coefficient (Wildman–Crippen LogP) is 3.98. The van der Waals surface area contributed by atoms with Crippen LogP contribution in [-0.2, 0) is 9.59 Å². The van der Waals surface area contributed by atoms with E-state index in [0.29, 0.717) is 20.8 Å². The number of nitrogens with one attached hydrogen (secondary N) is 3. The molecule has 0 radical (unpaired) electrons. The molecule has 146 valence electrons. The number of hydrogen-bond donors (Lipinski definition) is 3. The second-order valence-electron chi connectivity index (χ2n) is 5.21. The lowest BCUT2D eigenvalue weighted by Crippen LogP contribution is -2.49. The molecule has 0 aliphatic rings. The zero-order valence-corrected chi connectivity index (χ0v) is 18.9. The summed E-state index contributed by atoms with van der Waals surface area (Å²) in [7, 11) is 0. The Kier molecular flexibility index (Phi) is 8.91. The molecule has 0 heterocycles. The molecule has 2 amide bonds. The summed E-state index contributed by atoms with van der Waals surface area (Å²) in [5.74, 6) is -0.432. The standard InChI is InChI=1S/C18H14Br2ClN3O3S/c19-12-6-7-15(13(20)9-12)27-10-17(26)23-24-18(28)22-16(25)8-5-11-3-1-2-4-14(11)21/h1-9H,10H2,(H,23,26)(H2,22,24,25,28). The summed E-state index contributed by atoms with van der Waals surface area (Å²) in [5, 5.41) is 2.86. The molecule has 2 rings (SSSR count). The third kappa shape index (κ3) is 7.59. The van der Waals surface area contributed by atoms with Crippen molar-refractivity contribution in [3.05, 3.63) is 68.1 Å². The molecule has 0 aliphatic heterocycles. The highest BCUT2D eigenvalue weighted by molar-refractivity contribution is 9.11. The fourth-order valence-corrected chi connectivity index (χ4v) is 3.37. The molecule has 28 heavy (non-hydrogen) atoms. The number of hydrazine groups is 1. The minimum absolute atomic E-state index is 0.0630. The van der Waals surface area contributed by atoms with Crippen LogP contribution in [0.5, 0.6) is 5.75 Å². The number of rotatable bonds is 5. The van der Waals surface area contributed by atoms with Crippen molar-refractivity contribution in [2.24, 2.45) is 0 Å². The first kappa shape index (κ1) is 22.4. The van der Waals surface area contributed by atoms with Gasteiger partial charge in [0.05, 0.1) is 4.47 Å². The minimum Gasteiger partial charge on any atom is -0.483 e. The minimum atomic E-state index is -0.474. The van der Waals surface area contributed by atoms with Gasteiger partial charge in [0.1, 0.15) is 5.75 Å². The Morgan fingerprint density at radius 2 is 1.89 bits per heavy atom. The fraction of sp³-hybridized carbons (Fsp3) is 0.0556. The van der Waals surface area contributed by atoms with Crippen molar-refractivity contribution in [2.45, 2.75) is 0 Å². The molecule has 2 aromatic carbocycles. The summed E-state index contributed by atoms with van der Waals surface area (Å²) < 4.78 is 6.97. The van der Waals surface area contributed by atoms with Crippen molar-refractivity contribution in [1.82, 2.24) is 16.2 Å². The number of thiocarbonyl (C=S) groups is 1. The Morgan fingerprint density at radius 3 is 2.61 bits per heavy atom. The van der Waals surface area contributed by atoms with E-state index in [9.17, 15) is 9.59 Å². The summed E-state index contributed by atoms with van der Waals surface area (Å²) in [6, 6.07) is 12.4. The van der Waals surface area contributed by atoms with E-state index in [1.54, 1.807) is 48.5 Å². The van der Waals surface area contributed by atoms with Crippen LogP contribution >= 0.6 is 55.7 Å². The smallest absolute Gasteiger partial charge is 0.276 e. The van der Waals surface area contributed by atoms with Gasteiger partial charge >= 0.3 is 0 Å². The van der Waals surface area contributed by atoms with Crippen LogP contribution in [0.2, 0.25) is 5.02 Å². The SMILES string of the molecule is O=C(C=Cc1ccccc1Cl)NC(=S)NNC(=O)COc1ccc(Br)cc1Br. The van der Waals surface area contributed by atoms with Crippen molar-refractivity contribution in [3.8, 4) is 5.75 Å². The maximum Gasteiger partial charge on any atom is 0.276 e. The Balaban J connectivity index is 1.73. The molecule has 0 saturated heterocycles. The molecule has 0 saturated carbocycles. The highest BCUT2D eigenvalue weighted by atomic mass is 79.9. The third-order valence-corrected chi connectivity index (χ3v) is 4.79. The van der Waals surface area contributed by atoms with Gasteiger partial charge in [-0.15, -0.1) is 0 Å². The second-order valence-corrected chi connectivity index (χ2v) is 7.80. The summed E-state index contributed by atoms with van der Waals surface area (Å²) in [5.41, 5.74) is 5.45. The number of carbonyl (C=O) groups excluding carboxylic acids is 2. The topological polar surface area (TPSA) is 79.5 Å². The van der Waals surface area contributed by atoms with E-state index in [1.807, 2.05) is 0 Å². The molecular formula is C18H14Br2ClN3O3S. The normalized spacial score (nSPS) is 10.4. The molecule has 6 nitrogen and oxygen atoms in total. The van der Waals surface area contributed by atoms with Crippen molar-refractivity contribution >= 4 is 78.7 Å². The number of benzene rings is 2. The molecule has 0 fully saturated rings. The van der Waals surface area contributed by atoms with Gasteiger partial charge in [-0.2, -0.15) is 0 Å². The average Bonchev–Trinajstić information content (AvgIpc) is 2.65. The summed E-state index contributed by atoms with van der Waals surface area (Å²) in [4.78, 5) is 23.7. The van der Waals surface area contributed by atoms with Gasteiger partial charge in [0.2, 0.25) is 5.91 Å². The first-order valence-electron chi connectivity index (χ1n) is 7.75. The van der Waals surface area contributed by atoms with Crippen LogP contribution in [0.15, 0.2) is 57.5 Å². The maximum atomic E-state index is 11.8. The van der Waals surface area contributed by atoms with E-state index in [2.05, 4.69) is 48.0 Å². The van der Waals surface area contributed by atoms with Crippen LogP contribution in [0, 0.1) is 0 Å². The Labute approximate surface area is 188 Å². The lowest BCUT2D eigenvalue weighted by Gasteiger charge is -2.11. The number of carbonyl (C=O) groups is 2. The Hall–Kier alpha value is -1.94. The van der Waals surface area contributed by atoms with Gasteiger partial charge in [-0.3, -0.25) is 25.8 Å². The molecule has 10 heteroatoms. The van der Waals surface area contributed by atoms with Crippen molar-refractivity contribution in [3.63, 3.8) is 0 Å². The quantitative estimate of drug-likeness (QED) is 0.300. The van der Waals surface area contributed by atoms with Crippen LogP contribution in [0.1, 0.15) is 5.56 Å². The molecule has 0 atom stereocenters. The van der Waals surface area contributed by atoms with Gasteiger partial charge in [0.15, 0.2) is 11.7 Å². The van der Waals surface area contributed by atoms with Crippen LogP contribution < -0.4 is 20.9 Å². The van der Waals surface area contributed by atoms with Crippen molar-refractivity contribution < 1.29 is 14.3 Å². The molecule has 0 spiro atoms. The molecular weight excluding hydrogens is 534 g/mol. The van der Waals surface area contributed by atoms with E-state index < -0.39 is 11.8 Å². The van der Waals surface area contributed by atoms with Gasteiger partial charge in [0.25, 0.3) is 5.91 Å². The van der Waals surface area contributed by atoms with Gasteiger partial charge in [-0.25, -0.2) is 0 Å². The lowest BCUT2D eigenvalue weighted by atomic mass is 10.2. The average molecular weight is 548 g/mol. The van der Waals surface area contributed by atoms with Gasteiger partial charge < -0.3 is 4.74 Å². The fourth-order valence-electron chi connectivity index (χ4n) is 1.86. The van der Waals surface area contributed by atoms with Gasteiger partial charge in [-0.1, -0.05) is 45.7 Å². The summed E-state index contributed by atoms with van der Waals surface area (Å²) in [6.45, 7) is -0.240. The number of halogens is 3. The number of ether oxygens (including phenoxy) is 1. The summed E-state index contributed by atoms with van der Waals surface area (Å²) in [6.07, 6.45) is 2.84. The second kappa shape index (κ2) is 11.2. The molecule has 2 aromatic rings. The molecule has 3 N–H and O–H groups in total. The number of hydrogen-bond acceptors (Lipinski definition) is 4. The van der Waals surface area contributed by atoms with Crippen LogP contribution in [0.25, 0.3) is 6.08 Å². The highest BCUT2D eigenvalue weighted by Gasteiger charge is 2.07. The zero-order valence-electron chi connectivity index (χ0n) is 14.2. The van der Waals surface area contributed by atoms with E-state index in [0.717, 1.165) is 4.47 Å². The molecule has 0 aliphatic carbocycles. The van der Waals surface area contributed by atoms with Crippen LogP contribution in [-0.4, -0.2) is 23.5 Å². The maximum absolute atomic E-state index is 11.8. The first-order valence-corrected chi connectivity index (χ1v) is 10.1. The molecule has 0 bridgehead atoms. The van der Waals surface area contributed by atoms with E-state index >= 15 is 0 Å². The Bertz CT molecular complexity index is 925. The summed E-state index contributed by atoms with van der Waals surface area (Å²) >= 11 is 17.6. The molecule has 0 aromatic heterocycles. The van der Waals surface area contributed by atoms with Crippen molar-refractivity contribution in [1.29, 1.82) is 0 Å². The van der Waals surface area contributed by atoms with E-state index in [1.165, 1.54) is 6.08 Å². The first-order chi connectivity index (χ1) is 13.3. The Morgan fingerprint density at radius 1 is 1.14 bits per heavy atom. The molecule has 0 unspecified atom stereocenters. The van der Waals surface area contributed by atoms with Crippen molar-refractivity contribution in [2.75, 3.05) is 6.61 Å². The van der Waals surface area contributed by atoms with Gasteiger partial charge in [-0.05, 0) is 64.1 Å². The zero-order chi connectivity index (χ0) is 20.5. The number of amides is 2.